The molecule has 26 heavy (non-hydrogen) atoms. The number of urea groups is 1. The average Bonchev–Trinajstić information content (AvgIpc) is 2.58. The Labute approximate surface area is 151 Å². The molecule has 7 heteroatoms. The van der Waals surface area contributed by atoms with Crippen LogP contribution in [0.4, 0.5) is 16.2 Å². The molecule has 0 aliphatic rings. The van der Waals surface area contributed by atoms with Gasteiger partial charge >= 0.3 is 12.0 Å². The van der Waals surface area contributed by atoms with Crippen LogP contribution in [-0.2, 0) is 9.53 Å². The van der Waals surface area contributed by atoms with Gasteiger partial charge in [-0.05, 0) is 50.1 Å². The van der Waals surface area contributed by atoms with Crippen molar-refractivity contribution in [1.82, 2.24) is 5.32 Å². The Hall–Kier alpha value is -3.35. The van der Waals surface area contributed by atoms with Gasteiger partial charge in [-0.25, -0.2) is 9.59 Å². The van der Waals surface area contributed by atoms with Crippen LogP contribution in [0.2, 0.25) is 0 Å². The van der Waals surface area contributed by atoms with Gasteiger partial charge in [0.1, 0.15) is 0 Å². The third-order valence-electron chi connectivity index (χ3n) is 3.92. The average molecular weight is 355 g/mol. The summed E-state index contributed by atoms with van der Waals surface area (Å²) in [5.41, 5.74) is 8.75. The number of hydrogen-bond donors (Lipinski definition) is 3. The van der Waals surface area contributed by atoms with E-state index in [0.29, 0.717) is 5.69 Å². The molecule has 0 aliphatic carbocycles. The van der Waals surface area contributed by atoms with Crippen LogP contribution in [0, 0.1) is 13.8 Å². The van der Waals surface area contributed by atoms with Crippen LogP contribution in [-0.4, -0.2) is 24.0 Å². The Bertz CT molecular complexity index is 848. The second-order valence-electron chi connectivity index (χ2n) is 5.82. The number of nitrogens with one attached hydrogen (secondary N) is 2. The normalized spacial score (nSPS) is 11.3. The van der Waals surface area contributed by atoms with E-state index < -0.39 is 24.0 Å². The van der Waals surface area contributed by atoms with Gasteiger partial charge in [0.15, 0.2) is 6.10 Å². The summed E-state index contributed by atoms with van der Waals surface area (Å²) in [6.45, 7) is 5.34. The molecule has 2 aromatic carbocycles. The first-order chi connectivity index (χ1) is 12.3. The Morgan fingerprint density at radius 2 is 1.65 bits per heavy atom. The van der Waals surface area contributed by atoms with Gasteiger partial charge in [0.2, 0.25) is 0 Å². The van der Waals surface area contributed by atoms with Crippen molar-refractivity contribution in [2.24, 2.45) is 5.73 Å². The zero-order chi connectivity index (χ0) is 19.3. The second kappa shape index (κ2) is 8.15. The van der Waals surface area contributed by atoms with Gasteiger partial charge < -0.3 is 15.8 Å². The molecule has 0 bridgehead atoms. The van der Waals surface area contributed by atoms with E-state index in [1.807, 2.05) is 37.4 Å². The third kappa shape index (κ3) is 4.60. The maximum Gasteiger partial charge on any atom is 0.341 e. The van der Waals surface area contributed by atoms with E-state index >= 15 is 0 Å². The topological polar surface area (TPSA) is 111 Å². The van der Waals surface area contributed by atoms with Gasteiger partial charge in [-0.1, -0.05) is 24.3 Å². The van der Waals surface area contributed by atoms with Crippen LogP contribution >= 0.6 is 0 Å². The number of primary amides is 1. The van der Waals surface area contributed by atoms with Gasteiger partial charge in [0.05, 0.1) is 11.3 Å². The van der Waals surface area contributed by atoms with E-state index in [-0.39, 0.29) is 5.56 Å². The van der Waals surface area contributed by atoms with Crippen molar-refractivity contribution >= 4 is 29.3 Å². The molecule has 0 spiro atoms. The molecular formula is C19H21N3O4. The summed E-state index contributed by atoms with van der Waals surface area (Å²) in [5.74, 6) is -1.48. The fourth-order valence-electron chi connectivity index (χ4n) is 2.30. The van der Waals surface area contributed by atoms with Crippen molar-refractivity contribution in [2.45, 2.75) is 26.9 Å². The van der Waals surface area contributed by atoms with Crippen molar-refractivity contribution in [3.63, 3.8) is 0 Å². The summed E-state index contributed by atoms with van der Waals surface area (Å²) >= 11 is 0. The van der Waals surface area contributed by atoms with Crippen LogP contribution < -0.4 is 16.4 Å². The highest BCUT2D eigenvalue weighted by Crippen LogP contribution is 2.25. The molecule has 0 heterocycles. The minimum absolute atomic E-state index is 0.270. The van der Waals surface area contributed by atoms with Gasteiger partial charge in [-0.15, -0.1) is 0 Å². The number of carbonyl (C=O) groups is 3. The van der Waals surface area contributed by atoms with E-state index in [1.54, 1.807) is 24.3 Å². The second-order valence-corrected chi connectivity index (χ2v) is 5.82. The van der Waals surface area contributed by atoms with Crippen molar-refractivity contribution < 1.29 is 19.1 Å². The number of esters is 1. The van der Waals surface area contributed by atoms with Crippen LogP contribution in [0.25, 0.3) is 0 Å². The minimum Gasteiger partial charge on any atom is -0.449 e. The highest BCUT2D eigenvalue weighted by Gasteiger charge is 2.21. The smallest absolute Gasteiger partial charge is 0.341 e. The van der Waals surface area contributed by atoms with Crippen LogP contribution in [0.5, 0.6) is 0 Å². The van der Waals surface area contributed by atoms with Gasteiger partial charge in [0.25, 0.3) is 5.91 Å². The summed E-state index contributed by atoms with van der Waals surface area (Å²) in [6, 6.07) is 11.6. The number of benzene rings is 2. The molecule has 2 aromatic rings. The first kappa shape index (κ1) is 19.0. The number of imide groups is 1. The van der Waals surface area contributed by atoms with Crippen molar-refractivity contribution in [3.05, 3.63) is 59.2 Å². The largest absolute Gasteiger partial charge is 0.449 e. The number of hydrogen-bond acceptors (Lipinski definition) is 5. The molecular weight excluding hydrogens is 334 g/mol. The molecule has 0 fully saturated rings. The van der Waals surface area contributed by atoms with Crippen LogP contribution in [0.1, 0.15) is 28.4 Å². The lowest BCUT2D eigenvalue weighted by Crippen LogP contribution is -2.42. The molecule has 0 aliphatic heterocycles. The molecule has 136 valence electrons. The number of carbonyl (C=O) groups excluding carboxylic acids is 3. The number of amides is 3. The fraction of sp³-hybridized carbons (Fsp3) is 0.211. The summed E-state index contributed by atoms with van der Waals surface area (Å²) < 4.78 is 5.13. The summed E-state index contributed by atoms with van der Waals surface area (Å²) in [6.07, 6.45) is -1.16. The molecule has 1 unspecified atom stereocenters. The number of rotatable bonds is 5. The number of nitrogens with two attached hydrogens (primary N) is 1. The van der Waals surface area contributed by atoms with Crippen molar-refractivity contribution in [3.8, 4) is 0 Å². The van der Waals surface area contributed by atoms with Crippen molar-refractivity contribution in [2.75, 3.05) is 5.32 Å². The molecule has 1 atom stereocenters. The van der Waals surface area contributed by atoms with E-state index in [1.165, 1.54) is 6.92 Å². The summed E-state index contributed by atoms with van der Waals surface area (Å²) in [4.78, 5) is 34.8. The first-order valence-electron chi connectivity index (χ1n) is 8.03. The quantitative estimate of drug-likeness (QED) is 0.714. The van der Waals surface area contributed by atoms with E-state index in [4.69, 9.17) is 10.5 Å². The lowest BCUT2D eigenvalue weighted by molar-refractivity contribution is -0.127. The number of aryl methyl sites for hydroxylation is 1. The maximum atomic E-state index is 12.4. The maximum absolute atomic E-state index is 12.4. The monoisotopic (exact) mass is 355 g/mol. The molecule has 0 radical (unpaired) electrons. The Morgan fingerprint density at radius 1 is 1.00 bits per heavy atom. The van der Waals surface area contributed by atoms with Crippen LogP contribution in [0.15, 0.2) is 42.5 Å². The zero-order valence-electron chi connectivity index (χ0n) is 14.8. The number of para-hydroxylation sites is 1. The standard InChI is InChI=1S/C19H21N3O4/c1-11-7-6-10-15(12(11)2)21-16-9-5-4-8-14(16)18(24)26-13(3)17(23)22-19(20)25/h4-10,13,21H,1-3H3,(H3,20,22,23,25). The predicted molar refractivity (Wildman–Crippen MR) is 98.2 cm³/mol. The fourth-order valence-corrected chi connectivity index (χ4v) is 2.30. The third-order valence-corrected chi connectivity index (χ3v) is 3.92. The summed E-state index contributed by atoms with van der Waals surface area (Å²) in [5, 5.41) is 5.10. The highest BCUT2D eigenvalue weighted by molar-refractivity contribution is 6.00. The number of ether oxygens (including phenoxy) is 1. The lowest BCUT2D eigenvalue weighted by atomic mass is 10.1. The van der Waals surface area contributed by atoms with Crippen molar-refractivity contribution in [1.29, 1.82) is 0 Å². The van der Waals surface area contributed by atoms with Gasteiger partial charge in [-0.2, -0.15) is 0 Å². The zero-order valence-corrected chi connectivity index (χ0v) is 14.8. The van der Waals surface area contributed by atoms with E-state index in [2.05, 4.69) is 5.32 Å². The summed E-state index contributed by atoms with van der Waals surface area (Å²) in [7, 11) is 0. The van der Waals surface area contributed by atoms with Crippen LogP contribution in [0.3, 0.4) is 0 Å². The number of anilines is 2. The molecule has 4 N–H and O–H groups in total. The molecule has 7 nitrogen and oxygen atoms in total. The molecule has 0 aromatic heterocycles. The highest BCUT2D eigenvalue weighted by atomic mass is 16.5. The Morgan fingerprint density at radius 3 is 2.35 bits per heavy atom. The Balaban J connectivity index is 2.20. The minimum atomic E-state index is -1.16. The van der Waals surface area contributed by atoms with Gasteiger partial charge in [0, 0.05) is 5.69 Å². The van der Waals surface area contributed by atoms with Gasteiger partial charge in [-0.3, -0.25) is 10.1 Å². The molecule has 0 saturated carbocycles. The Kier molecular flexibility index (Phi) is 5.95. The first-order valence-corrected chi connectivity index (χ1v) is 8.03. The van der Waals surface area contributed by atoms with E-state index in [9.17, 15) is 14.4 Å². The molecule has 0 saturated heterocycles. The lowest BCUT2D eigenvalue weighted by Gasteiger charge is -2.16. The molecule has 3 amide bonds. The predicted octanol–water partition coefficient (Wildman–Crippen LogP) is 2.79. The SMILES string of the molecule is Cc1cccc(Nc2ccccc2C(=O)OC(C)C(=O)NC(N)=O)c1C. The molecule has 2 rings (SSSR count). The van der Waals surface area contributed by atoms with E-state index in [0.717, 1.165) is 16.8 Å².